The summed E-state index contributed by atoms with van der Waals surface area (Å²) in [6.07, 6.45) is 8.03. The highest BCUT2D eigenvalue weighted by Crippen LogP contribution is 2.40. The Hall–Kier alpha value is -3.01. The molecule has 0 saturated heterocycles. The average molecular weight is 434 g/mol. The summed E-state index contributed by atoms with van der Waals surface area (Å²) in [5.74, 6) is 0.708. The van der Waals surface area contributed by atoms with E-state index in [1.165, 1.54) is 18.4 Å². The lowest BCUT2D eigenvalue weighted by molar-refractivity contribution is -0.116. The van der Waals surface area contributed by atoms with Crippen LogP contribution in [0.2, 0.25) is 0 Å². The molecule has 0 aliphatic heterocycles. The van der Waals surface area contributed by atoms with Gasteiger partial charge in [-0.2, -0.15) is 0 Å². The minimum absolute atomic E-state index is 0.0647. The van der Waals surface area contributed by atoms with Gasteiger partial charge in [0.2, 0.25) is 5.91 Å². The van der Waals surface area contributed by atoms with Gasteiger partial charge in [-0.05, 0) is 51.3 Å². The molecule has 3 rings (SSSR count). The number of benzene rings is 2. The molecular weight excluding hydrogens is 398 g/mol. The van der Waals surface area contributed by atoms with Gasteiger partial charge in [-0.25, -0.2) is 0 Å². The first-order chi connectivity index (χ1) is 15.5. The van der Waals surface area contributed by atoms with Crippen LogP contribution in [0.25, 0.3) is 27.7 Å². The van der Waals surface area contributed by atoms with Crippen LogP contribution in [0.4, 0.5) is 0 Å². The average Bonchev–Trinajstić information content (AvgIpc) is 3.20. The summed E-state index contributed by atoms with van der Waals surface area (Å²) in [5, 5.41) is 4.03. The highest BCUT2D eigenvalue weighted by Gasteiger charge is 2.19. The SMILES string of the molecule is CCCCCCNC(=O)/C=C(\C)c1cc2c(-c3ccc(C)cc3)coc2c(C)c1OCC. The van der Waals surface area contributed by atoms with Crippen molar-refractivity contribution in [3.05, 3.63) is 59.4 Å². The number of allylic oxidation sites excluding steroid dienone is 1. The molecule has 0 radical (unpaired) electrons. The molecular formula is C28H35NO3. The third-order valence-electron chi connectivity index (χ3n) is 5.80. The van der Waals surface area contributed by atoms with Crippen LogP contribution in [0.15, 0.2) is 47.1 Å². The summed E-state index contributed by atoms with van der Waals surface area (Å²) < 4.78 is 12.0. The van der Waals surface area contributed by atoms with E-state index in [0.717, 1.165) is 57.4 Å². The molecule has 0 aliphatic carbocycles. The molecule has 0 unspecified atom stereocenters. The third kappa shape index (κ3) is 5.42. The number of unbranched alkanes of at least 4 members (excludes halogenated alkanes) is 3. The normalized spacial score (nSPS) is 11.7. The molecule has 0 spiro atoms. The lowest BCUT2D eigenvalue weighted by atomic mass is 9.96. The van der Waals surface area contributed by atoms with E-state index in [-0.39, 0.29) is 5.91 Å². The van der Waals surface area contributed by atoms with Crippen LogP contribution in [0.1, 0.15) is 63.1 Å². The second kappa shape index (κ2) is 11.0. The van der Waals surface area contributed by atoms with Gasteiger partial charge in [0.15, 0.2) is 0 Å². The van der Waals surface area contributed by atoms with Crippen LogP contribution in [0.5, 0.6) is 5.75 Å². The topological polar surface area (TPSA) is 51.5 Å². The van der Waals surface area contributed by atoms with Crippen LogP contribution in [0, 0.1) is 13.8 Å². The Bertz CT molecular complexity index is 1090. The van der Waals surface area contributed by atoms with Gasteiger partial charge in [-0.15, -0.1) is 0 Å². The number of hydrogen-bond acceptors (Lipinski definition) is 3. The fourth-order valence-corrected chi connectivity index (χ4v) is 3.98. The van der Waals surface area contributed by atoms with Crippen molar-refractivity contribution in [2.45, 2.75) is 60.3 Å². The van der Waals surface area contributed by atoms with Crippen LogP contribution in [0.3, 0.4) is 0 Å². The first kappa shape index (κ1) is 23.6. The predicted molar refractivity (Wildman–Crippen MR) is 133 cm³/mol. The number of carbonyl (C=O) groups is 1. The highest BCUT2D eigenvalue weighted by atomic mass is 16.5. The number of nitrogens with one attached hydrogen (secondary N) is 1. The van der Waals surface area contributed by atoms with Crippen molar-refractivity contribution < 1.29 is 13.9 Å². The Labute approximate surface area is 191 Å². The standard InChI is InChI=1S/C28H35NO3/c1-6-8-9-10-15-29-26(30)16-20(4)23-17-24-25(22-13-11-19(3)12-14-22)18-32-28(24)21(5)27(23)31-7-2/h11-14,16-18H,6-10,15H2,1-5H3,(H,29,30)/b20-16+. The Balaban J connectivity index is 1.97. The molecule has 1 amide bonds. The van der Waals surface area contributed by atoms with E-state index in [1.54, 1.807) is 6.08 Å². The van der Waals surface area contributed by atoms with Gasteiger partial charge in [-0.1, -0.05) is 56.0 Å². The maximum Gasteiger partial charge on any atom is 0.244 e. The summed E-state index contributed by atoms with van der Waals surface area (Å²) in [7, 11) is 0. The van der Waals surface area contributed by atoms with Gasteiger partial charge in [0.25, 0.3) is 0 Å². The Kier molecular flexibility index (Phi) is 8.15. The van der Waals surface area contributed by atoms with Gasteiger partial charge >= 0.3 is 0 Å². The molecule has 0 aliphatic rings. The number of rotatable bonds is 10. The van der Waals surface area contributed by atoms with Crippen LogP contribution < -0.4 is 10.1 Å². The van der Waals surface area contributed by atoms with E-state index in [2.05, 4.69) is 49.5 Å². The molecule has 4 heteroatoms. The molecule has 32 heavy (non-hydrogen) atoms. The first-order valence-corrected chi connectivity index (χ1v) is 11.7. The van der Waals surface area contributed by atoms with Gasteiger partial charge in [0.1, 0.15) is 11.3 Å². The molecule has 0 saturated carbocycles. The zero-order valence-corrected chi connectivity index (χ0v) is 20.0. The lowest BCUT2D eigenvalue weighted by Gasteiger charge is -2.15. The van der Waals surface area contributed by atoms with E-state index >= 15 is 0 Å². The van der Waals surface area contributed by atoms with Gasteiger partial charge < -0.3 is 14.5 Å². The minimum Gasteiger partial charge on any atom is -0.493 e. The van der Waals surface area contributed by atoms with E-state index in [4.69, 9.17) is 9.15 Å². The number of fused-ring (bicyclic) bond motifs is 1. The number of carbonyl (C=O) groups excluding carboxylic acids is 1. The summed E-state index contributed by atoms with van der Waals surface area (Å²) in [6.45, 7) is 11.5. The molecule has 0 atom stereocenters. The van der Waals surface area contributed by atoms with Crippen molar-refractivity contribution in [2.75, 3.05) is 13.2 Å². The predicted octanol–water partition coefficient (Wildman–Crippen LogP) is 7.22. The number of ether oxygens (including phenoxy) is 1. The van der Waals surface area contributed by atoms with Crippen molar-refractivity contribution in [1.29, 1.82) is 0 Å². The van der Waals surface area contributed by atoms with E-state index in [9.17, 15) is 4.79 Å². The number of amides is 1. The summed E-state index contributed by atoms with van der Waals surface area (Å²) >= 11 is 0. The Morgan fingerprint density at radius 1 is 1.09 bits per heavy atom. The summed E-state index contributed by atoms with van der Waals surface area (Å²) in [6, 6.07) is 10.5. The van der Waals surface area contributed by atoms with Crippen LogP contribution >= 0.6 is 0 Å². The zero-order chi connectivity index (χ0) is 23.1. The summed E-state index contributed by atoms with van der Waals surface area (Å²) in [5.41, 5.74) is 6.94. The monoisotopic (exact) mass is 433 g/mol. The van der Waals surface area contributed by atoms with Gasteiger partial charge in [0, 0.05) is 34.7 Å². The number of aryl methyl sites for hydroxylation is 2. The Morgan fingerprint density at radius 2 is 1.84 bits per heavy atom. The molecule has 1 N–H and O–H groups in total. The number of hydrogen-bond donors (Lipinski definition) is 1. The molecule has 4 nitrogen and oxygen atoms in total. The third-order valence-corrected chi connectivity index (χ3v) is 5.80. The molecule has 0 fully saturated rings. The van der Waals surface area contributed by atoms with Crippen molar-refractivity contribution in [2.24, 2.45) is 0 Å². The van der Waals surface area contributed by atoms with Crippen LogP contribution in [-0.4, -0.2) is 19.1 Å². The Morgan fingerprint density at radius 3 is 2.53 bits per heavy atom. The van der Waals surface area contributed by atoms with Crippen molar-refractivity contribution in [3.63, 3.8) is 0 Å². The lowest BCUT2D eigenvalue weighted by Crippen LogP contribution is -2.22. The molecule has 1 aromatic heterocycles. The van der Waals surface area contributed by atoms with Gasteiger partial charge in [0.05, 0.1) is 12.9 Å². The largest absolute Gasteiger partial charge is 0.493 e. The first-order valence-electron chi connectivity index (χ1n) is 11.7. The molecule has 170 valence electrons. The summed E-state index contributed by atoms with van der Waals surface area (Å²) in [4.78, 5) is 12.5. The fraction of sp³-hybridized carbons (Fsp3) is 0.393. The molecule has 3 aromatic rings. The smallest absolute Gasteiger partial charge is 0.244 e. The molecule has 1 heterocycles. The number of furan rings is 1. The van der Waals surface area contributed by atoms with Crippen molar-refractivity contribution in [3.8, 4) is 16.9 Å². The molecule has 2 aromatic carbocycles. The van der Waals surface area contributed by atoms with Gasteiger partial charge in [-0.3, -0.25) is 4.79 Å². The van der Waals surface area contributed by atoms with E-state index in [0.29, 0.717) is 13.2 Å². The van der Waals surface area contributed by atoms with Crippen LogP contribution in [-0.2, 0) is 4.79 Å². The second-order valence-corrected chi connectivity index (χ2v) is 8.38. The highest BCUT2D eigenvalue weighted by molar-refractivity contribution is 6.01. The quantitative estimate of drug-likeness (QED) is 0.271. The van der Waals surface area contributed by atoms with E-state index in [1.807, 2.05) is 27.0 Å². The maximum atomic E-state index is 12.5. The molecule has 0 bridgehead atoms. The maximum absolute atomic E-state index is 12.5. The minimum atomic E-state index is -0.0647. The zero-order valence-electron chi connectivity index (χ0n) is 20.0. The fourth-order valence-electron chi connectivity index (χ4n) is 3.98. The van der Waals surface area contributed by atoms with Crippen molar-refractivity contribution in [1.82, 2.24) is 5.32 Å². The second-order valence-electron chi connectivity index (χ2n) is 8.38. The van der Waals surface area contributed by atoms with Crippen molar-refractivity contribution >= 4 is 22.4 Å². The van der Waals surface area contributed by atoms with E-state index < -0.39 is 0 Å².